The first-order valence-electron chi connectivity index (χ1n) is 7.41. The molecule has 0 aliphatic heterocycles. The fourth-order valence-corrected chi connectivity index (χ4v) is 2.28. The second-order valence-corrected chi connectivity index (χ2v) is 6.08. The van der Waals surface area contributed by atoms with Gasteiger partial charge in [0.25, 0.3) is 0 Å². The maximum atomic E-state index is 12.1. The van der Waals surface area contributed by atoms with Gasteiger partial charge in [-0.3, -0.25) is 0 Å². The maximum Gasteiger partial charge on any atom is 0.573 e. The summed E-state index contributed by atoms with van der Waals surface area (Å²) < 4.78 is 40.2. The van der Waals surface area contributed by atoms with Crippen molar-refractivity contribution in [1.29, 1.82) is 0 Å². The highest BCUT2D eigenvalue weighted by Crippen LogP contribution is 2.25. The van der Waals surface area contributed by atoms with Gasteiger partial charge in [0.05, 0.1) is 0 Å². The monoisotopic (exact) mass is 301 g/mol. The Hall–Kier alpha value is -1.23. The van der Waals surface area contributed by atoms with Crippen LogP contribution in [0.5, 0.6) is 5.75 Å². The van der Waals surface area contributed by atoms with Crippen molar-refractivity contribution >= 4 is 0 Å². The molecule has 1 N–H and O–H groups in total. The summed E-state index contributed by atoms with van der Waals surface area (Å²) in [4.78, 5) is 0. The fraction of sp³-hybridized carbons (Fsp3) is 0.625. The average Bonchev–Trinajstić information content (AvgIpc) is 3.18. The van der Waals surface area contributed by atoms with Crippen LogP contribution < -0.4 is 10.1 Å². The Bertz CT molecular complexity index is 438. The highest BCUT2D eigenvalue weighted by molar-refractivity contribution is 5.27. The van der Waals surface area contributed by atoms with Crippen LogP contribution in [0.3, 0.4) is 0 Å². The number of hydrogen-bond acceptors (Lipinski definition) is 2. The van der Waals surface area contributed by atoms with Gasteiger partial charge in [0.15, 0.2) is 0 Å². The number of rotatable bonds is 7. The van der Waals surface area contributed by atoms with E-state index in [2.05, 4.69) is 23.9 Å². The van der Waals surface area contributed by atoms with E-state index in [1.54, 1.807) is 12.1 Å². The minimum absolute atomic E-state index is 0.163. The molecule has 0 saturated heterocycles. The molecule has 21 heavy (non-hydrogen) atoms. The Balaban J connectivity index is 1.90. The molecule has 1 unspecified atom stereocenters. The first kappa shape index (κ1) is 16.1. The minimum atomic E-state index is -4.63. The van der Waals surface area contributed by atoms with E-state index >= 15 is 0 Å². The largest absolute Gasteiger partial charge is 0.573 e. The van der Waals surface area contributed by atoms with Crippen LogP contribution >= 0.6 is 0 Å². The highest BCUT2D eigenvalue weighted by atomic mass is 19.4. The third kappa shape index (κ3) is 5.96. The standard InChI is InChI=1S/C16H22F3NO/c1-11(2)13(10-20-14-5-6-14)9-12-3-7-15(8-4-12)21-16(17,18)19/h3-4,7-8,11,13-14,20H,5-6,9-10H2,1-2H3. The van der Waals surface area contributed by atoms with Crippen molar-refractivity contribution in [3.63, 3.8) is 0 Å². The van der Waals surface area contributed by atoms with E-state index in [0.29, 0.717) is 17.9 Å². The van der Waals surface area contributed by atoms with Crippen LogP contribution in [0.25, 0.3) is 0 Å². The lowest BCUT2D eigenvalue weighted by Crippen LogP contribution is -2.29. The van der Waals surface area contributed by atoms with Crippen molar-refractivity contribution in [2.75, 3.05) is 6.54 Å². The number of hydrogen-bond donors (Lipinski definition) is 1. The zero-order valence-electron chi connectivity index (χ0n) is 12.4. The van der Waals surface area contributed by atoms with Gasteiger partial charge in [-0.25, -0.2) is 0 Å². The molecule has 0 aromatic heterocycles. The van der Waals surface area contributed by atoms with Crippen LogP contribution in [0.1, 0.15) is 32.3 Å². The first-order chi connectivity index (χ1) is 9.83. The second-order valence-electron chi connectivity index (χ2n) is 6.08. The predicted molar refractivity (Wildman–Crippen MR) is 76.2 cm³/mol. The highest BCUT2D eigenvalue weighted by Gasteiger charge is 2.31. The summed E-state index contributed by atoms with van der Waals surface area (Å²) in [7, 11) is 0. The van der Waals surface area contributed by atoms with Gasteiger partial charge >= 0.3 is 6.36 Å². The van der Waals surface area contributed by atoms with Gasteiger partial charge in [0, 0.05) is 6.04 Å². The number of nitrogens with one attached hydrogen (secondary N) is 1. The molecule has 1 aliphatic rings. The number of benzene rings is 1. The topological polar surface area (TPSA) is 21.3 Å². The third-order valence-corrected chi connectivity index (χ3v) is 3.84. The molecular weight excluding hydrogens is 279 g/mol. The minimum Gasteiger partial charge on any atom is -0.406 e. The molecular formula is C16H22F3NO. The maximum absolute atomic E-state index is 12.1. The van der Waals surface area contributed by atoms with Gasteiger partial charge in [-0.2, -0.15) is 0 Å². The zero-order chi connectivity index (χ0) is 15.5. The smallest absolute Gasteiger partial charge is 0.406 e. The van der Waals surface area contributed by atoms with Crippen molar-refractivity contribution in [1.82, 2.24) is 5.32 Å². The van der Waals surface area contributed by atoms with Gasteiger partial charge in [0.2, 0.25) is 0 Å². The van der Waals surface area contributed by atoms with Crippen molar-refractivity contribution in [2.45, 2.75) is 45.5 Å². The van der Waals surface area contributed by atoms with Crippen LogP contribution in [0.2, 0.25) is 0 Å². The molecule has 2 nitrogen and oxygen atoms in total. The van der Waals surface area contributed by atoms with Crippen LogP contribution in [0.15, 0.2) is 24.3 Å². The van der Waals surface area contributed by atoms with Crippen LogP contribution in [0, 0.1) is 11.8 Å². The summed E-state index contributed by atoms with van der Waals surface area (Å²) in [6.07, 6.45) is -1.25. The molecule has 0 heterocycles. The van der Waals surface area contributed by atoms with E-state index < -0.39 is 6.36 Å². The molecule has 2 rings (SSSR count). The molecule has 1 aromatic rings. The molecule has 0 amide bonds. The van der Waals surface area contributed by atoms with Gasteiger partial charge in [-0.05, 0) is 55.3 Å². The first-order valence-corrected chi connectivity index (χ1v) is 7.41. The molecule has 1 aliphatic carbocycles. The quantitative estimate of drug-likeness (QED) is 0.817. The molecule has 1 atom stereocenters. The Kier molecular flexibility index (Phi) is 5.14. The summed E-state index contributed by atoms with van der Waals surface area (Å²) in [5.74, 6) is 0.853. The van der Waals surface area contributed by atoms with Crippen molar-refractivity contribution < 1.29 is 17.9 Å². The van der Waals surface area contributed by atoms with E-state index in [4.69, 9.17) is 0 Å². The summed E-state index contributed by atoms with van der Waals surface area (Å²) >= 11 is 0. The third-order valence-electron chi connectivity index (χ3n) is 3.84. The van der Waals surface area contributed by atoms with Gasteiger partial charge in [-0.1, -0.05) is 26.0 Å². The molecule has 1 saturated carbocycles. The average molecular weight is 301 g/mol. The summed E-state index contributed by atoms with van der Waals surface area (Å²) in [6, 6.07) is 6.87. The molecule has 0 bridgehead atoms. The van der Waals surface area contributed by atoms with E-state index in [1.165, 1.54) is 25.0 Å². The van der Waals surface area contributed by atoms with E-state index in [0.717, 1.165) is 18.5 Å². The second kappa shape index (κ2) is 6.69. The van der Waals surface area contributed by atoms with E-state index in [-0.39, 0.29) is 5.75 Å². The van der Waals surface area contributed by atoms with E-state index in [1.807, 2.05) is 0 Å². The van der Waals surface area contributed by atoms with Gasteiger partial charge in [0.1, 0.15) is 5.75 Å². The number of ether oxygens (including phenoxy) is 1. The molecule has 118 valence electrons. The lowest BCUT2D eigenvalue weighted by atomic mass is 9.89. The summed E-state index contributed by atoms with van der Waals surface area (Å²) in [5.41, 5.74) is 1.04. The Morgan fingerprint density at radius 1 is 1.19 bits per heavy atom. The number of halogens is 3. The van der Waals surface area contributed by atoms with Crippen molar-refractivity contribution in [3.8, 4) is 5.75 Å². The summed E-state index contributed by atoms with van der Waals surface area (Å²) in [5, 5.41) is 3.53. The Morgan fingerprint density at radius 2 is 1.81 bits per heavy atom. The van der Waals surface area contributed by atoms with Crippen LogP contribution in [-0.2, 0) is 6.42 Å². The number of alkyl halides is 3. The molecule has 0 radical (unpaired) electrons. The molecule has 0 spiro atoms. The lowest BCUT2D eigenvalue weighted by molar-refractivity contribution is -0.274. The molecule has 1 fully saturated rings. The lowest BCUT2D eigenvalue weighted by Gasteiger charge is -2.21. The Labute approximate surface area is 123 Å². The van der Waals surface area contributed by atoms with Crippen molar-refractivity contribution in [3.05, 3.63) is 29.8 Å². The predicted octanol–water partition coefficient (Wildman–Crippen LogP) is 4.15. The Morgan fingerprint density at radius 3 is 2.29 bits per heavy atom. The van der Waals surface area contributed by atoms with Gasteiger partial charge in [-0.15, -0.1) is 13.2 Å². The zero-order valence-corrected chi connectivity index (χ0v) is 12.4. The van der Waals surface area contributed by atoms with Gasteiger partial charge < -0.3 is 10.1 Å². The molecule has 1 aromatic carbocycles. The van der Waals surface area contributed by atoms with Crippen LogP contribution in [0.4, 0.5) is 13.2 Å². The normalized spacial score (nSPS) is 17.0. The van der Waals surface area contributed by atoms with E-state index in [9.17, 15) is 13.2 Å². The van der Waals surface area contributed by atoms with Crippen molar-refractivity contribution in [2.24, 2.45) is 11.8 Å². The van der Waals surface area contributed by atoms with Crippen LogP contribution in [-0.4, -0.2) is 18.9 Å². The summed E-state index contributed by atoms with van der Waals surface area (Å²) in [6.45, 7) is 5.32. The fourth-order valence-electron chi connectivity index (χ4n) is 2.28. The molecule has 5 heteroatoms. The SMILES string of the molecule is CC(C)C(CNC1CC1)Cc1ccc(OC(F)(F)F)cc1.